The Bertz CT molecular complexity index is 518. The lowest BCUT2D eigenvalue weighted by Crippen LogP contribution is -2.43. The second kappa shape index (κ2) is 7.18. The van der Waals surface area contributed by atoms with Crippen LogP contribution in [0.15, 0.2) is 28.1 Å². The summed E-state index contributed by atoms with van der Waals surface area (Å²) in [4.78, 5) is 17.4. The first kappa shape index (κ1) is 16.9. The van der Waals surface area contributed by atoms with Gasteiger partial charge in [-0.15, -0.1) is 0 Å². The number of halogens is 1. The maximum atomic E-state index is 12.4. The molecule has 5 nitrogen and oxygen atoms in total. The zero-order valence-corrected chi connectivity index (χ0v) is 13.6. The van der Waals surface area contributed by atoms with Crippen LogP contribution in [-0.2, 0) is 14.4 Å². The number of aliphatic hydroxyl groups excluding tert-OH is 1. The van der Waals surface area contributed by atoms with Crippen molar-refractivity contribution in [2.45, 2.75) is 57.5 Å². The lowest BCUT2D eigenvalue weighted by Gasteiger charge is -2.39. The molecule has 2 rings (SSSR count). The van der Waals surface area contributed by atoms with Crippen molar-refractivity contribution in [2.75, 3.05) is 6.61 Å². The molecule has 0 bridgehead atoms. The van der Waals surface area contributed by atoms with Gasteiger partial charge in [0.25, 0.3) is 0 Å². The molecule has 6 heteroatoms. The first-order valence-electron chi connectivity index (χ1n) is 7.65. The fourth-order valence-corrected chi connectivity index (χ4v) is 3.07. The molecule has 22 heavy (non-hydrogen) atoms. The van der Waals surface area contributed by atoms with Gasteiger partial charge in [-0.25, -0.2) is 4.79 Å². The van der Waals surface area contributed by atoms with Crippen LogP contribution in [0.4, 0.5) is 0 Å². The van der Waals surface area contributed by atoms with E-state index in [0.717, 1.165) is 32.1 Å². The Hall–Kier alpha value is -1.49. The fourth-order valence-electron chi connectivity index (χ4n) is 3.02. The summed E-state index contributed by atoms with van der Waals surface area (Å²) in [6.07, 6.45) is 5.59. The van der Waals surface area contributed by atoms with Crippen LogP contribution in [0.2, 0.25) is 0 Å². The van der Waals surface area contributed by atoms with Crippen LogP contribution in [0, 0.1) is 0 Å². The van der Waals surface area contributed by atoms with Crippen LogP contribution in [0.25, 0.3) is 0 Å². The molecule has 0 radical (unpaired) electrons. The molecule has 1 fully saturated rings. The summed E-state index contributed by atoms with van der Waals surface area (Å²) in [5.41, 5.74) is -0.0440. The number of aliphatic hydroxyl groups is 1. The molecule has 0 aromatic rings. The summed E-state index contributed by atoms with van der Waals surface area (Å²) in [7, 11) is 0. The molecular weight excluding hydrogens is 306 g/mol. The molecule has 1 N–H and O–H groups in total. The molecule has 0 atom stereocenters. The van der Waals surface area contributed by atoms with Gasteiger partial charge in [-0.05, 0) is 32.1 Å². The van der Waals surface area contributed by atoms with Crippen molar-refractivity contribution < 1.29 is 19.5 Å². The number of oxime groups is 1. The Morgan fingerprint density at radius 2 is 2.14 bits per heavy atom. The highest BCUT2D eigenvalue weighted by Crippen LogP contribution is 2.40. The molecule has 0 amide bonds. The van der Waals surface area contributed by atoms with Crippen molar-refractivity contribution in [3.05, 3.63) is 22.9 Å². The minimum atomic E-state index is -0.535. The number of esters is 1. The van der Waals surface area contributed by atoms with Gasteiger partial charge < -0.3 is 14.7 Å². The standard InChI is InChI=1S/C16H22ClNO4/c1-3-12(18-21-10-11(2)17)14-13(19)9-16(22-15(14)20)7-5-4-6-8-16/h19H,2-10H2,1H3. The number of carbonyl (C=O) groups is 1. The Morgan fingerprint density at radius 1 is 1.45 bits per heavy atom. The van der Waals surface area contributed by atoms with E-state index in [4.69, 9.17) is 21.2 Å². The number of rotatable bonds is 5. The van der Waals surface area contributed by atoms with Crippen LogP contribution >= 0.6 is 11.6 Å². The van der Waals surface area contributed by atoms with E-state index in [1.807, 2.05) is 6.92 Å². The van der Waals surface area contributed by atoms with E-state index in [1.165, 1.54) is 0 Å². The van der Waals surface area contributed by atoms with Crippen molar-refractivity contribution in [2.24, 2.45) is 5.16 Å². The smallest absolute Gasteiger partial charge is 0.344 e. The number of hydrogen-bond donors (Lipinski definition) is 1. The van der Waals surface area contributed by atoms with Crippen molar-refractivity contribution >= 4 is 23.3 Å². The minimum absolute atomic E-state index is 0.0482. The summed E-state index contributed by atoms with van der Waals surface area (Å²) in [6.45, 7) is 5.38. The minimum Gasteiger partial charge on any atom is -0.511 e. The van der Waals surface area contributed by atoms with Gasteiger partial charge in [0.2, 0.25) is 0 Å². The molecule has 1 aliphatic heterocycles. The van der Waals surface area contributed by atoms with Crippen LogP contribution < -0.4 is 0 Å². The van der Waals surface area contributed by atoms with E-state index >= 15 is 0 Å². The average molecular weight is 328 g/mol. The summed E-state index contributed by atoms with van der Waals surface area (Å²) in [6, 6.07) is 0. The number of carbonyl (C=O) groups excluding carboxylic acids is 1. The van der Waals surface area contributed by atoms with Crippen LogP contribution in [0.3, 0.4) is 0 Å². The number of ether oxygens (including phenoxy) is 1. The molecule has 2 aliphatic rings. The monoisotopic (exact) mass is 327 g/mol. The molecule has 0 aromatic carbocycles. The van der Waals surface area contributed by atoms with Gasteiger partial charge in [-0.3, -0.25) is 0 Å². The number of nitrogens with zero attached hydrogens (tertiary/aromatic N) is 1. The largest absolute Gasteiger partial charge is 0.511 e. The Morgan fingerprint density at radius 3 is 2.68 bits per heavy atom. The van der Waals surface area contributed by atoms with Crippen molar-refractivity contribution in [3.63, 3.8) is 0 Å². The maximum Gasteiger partial charge on any atom is 0.344 e. The van der Waals surface area contributed by atoms with E-state index in [1.54, 1.807) is 0 Å². The van der Waals surface area contributed by atoms with E-state index in [9.17, 15) is 9.90 Å². The molecule has 122 valence electrons. The van der Waals surface area contributed by atoms with Gasteiger partial charge in [0, 0.05) is 6.42 Å². The zero-order chi connectivity index (χ0) is 16.2. The topological polar surface area (TPSA) is 68.1 Å². The van der Waals surface area contributed by atoms with Gasteiger partial charge in [0.05, 0.1) is 10.7 Å². The third-order valence-electron chi connectivity index (χ3n) is 4.08. The summed E-state index contributed by atoms with van der Waals surface area (Å²) in [5, 5.41) is 14.6. The normalized spacial score (nSPS) is 21.7. The van der Waals surface area contributed by atoms with E-state index in [-0.39, 0.29) is 17.9 Å². The first-order valence-corrected chi connectivity index (χ1v) is 8.03. The molecular formula is C16H22ClNO4. The van der Waals surface area contributed by atoms with E-state index < -0.39 is 11.6 Å². The number of hydrogen-bond acceptors (Lipinski definition) is 5. The van der Waals surface area contributed by atoms with Crippen LogP contribution in [0.5, 0.6) is 0 Å². The highest BCUT2D eigenvalue weighted by molar-refractivity contribution is 6.29. The van der Waals surface area contributed by atoms with Gasteiger partial charge >= 0.3 is 5.97 Å². The first-order chi connectivity index (χ1) is 10.5. The van der Waals surface area contributed by atoms with Crippen molar-refractivity contribution in [1.29, 1.82) is 0 Å². The molecule has 0 saturated heterocycles. The van der Waals surface area contributed by atoms with Gasteiger partial charge in [-0.2, -0.15) is 0 Å². The maximum absolute atomic E-state index is 12.4. The molecule has 0 aromatic heterocycles. The lowest BCUT2D eigenvalue weighted by molar-refractivity contribution is -0.161. The zero-order valence-electron chi connectivity index (χ0n) is 12.9. The summed E-state index contributed by atoms with van der Waals surface area (Å²) >= 11 is 5.60. The Balaban J connectivity index is 2.19. The molecule has 1 saturated carbocycles. The highest BCUT2D eigenvalue weighted by atomic mass is 35.5. The quantitative estimate of drug-likeness (QED) is 0.471. The Labute approximate surface area is 135 Å². The fraction of sp³-hybridized carbons (Fsp3) is 0.625. The second-order valence-electron chi connectivity index (χ2n) is 5.81. The van der Waals surface area contributed by atoms with Crippen LogP contribution in [0.1, 0.15) is 51.9 Å². The van der Waals surface area contributed by atoms with Gasteiger partial charge in [0.1, 0.15) is 16.9 Å². The Kier molecular flexibility index (Phi) is 5.51. The summed E-state index contributed by atoms with van der Waals surface area (Å²) in [5.74, 6) is -0.466. The summed E-state index contributed by atoms with van der Waals surface area (Å²) < 4.78 is 5.67. The van der Waals surface area contributed by atoms with Crippen molar-refractivity contribution in [3.8, 4) is 0 Å². The molecule has 1 aliphatic carbocycles. The van der Waals surface area contributed by atoms with Crippen molar-refractivity contribution in [1.82, 2.24) is 0 Å². The van der Waals surface area contributed by atoms with E-state index in [0.29, 0.717) is 23.6 Å². The average Bonchev–Trinajstić information content (AvgIpc) is 2.45. The third kappa shape index (κ3) is 3.83. The van der Waals surface area contributed by atoms with Crippen LogP contribution in [-0.4, -0.2) is 29.0 Å². The predicted octanol–water partition coefficient (Wildman–Crippen LogP) is 3.98. The van der Waals surface area contributed by atoms with E-state index in [2.05, 4.69) is 11.7 Å². The molecule has 1 spiro atoms. The highest BCUT2D eigenvalue weighted by Gasteiger charge is 2.43. The predicted molar refractivity (Wildman–Crippen MR) is 84.9 cm³/mol. The second-order valence-corrected chi connectivity index (χ2v) is 6.35. The third-order valence-corrected chi connectivity index (χ3v) is 4.18. The lowest BCUT2D eigenvalue weighted by atomic mass is 9.79. The SMILES string of the molecule is C=C(Cl)CON=C(CC)C1=C(O)CC2(CCCCC2)OC1=O. The van der Waals surface area contributed by atoms with Gasteiger partial charge in [0.15, 0.2) is 6.61 Å². The molecule has 0 unspecified atom stereocenters. The van der Waals surface area contributed by atoms with Gasteiger partial charge in [-0.1, -0.05) is 36.7 Å². The molecule has 1 heterocycles.